The summed E-state index contributed by atoms with van der Waals surface area (Å²) in [7, 11) is -4.41. The summed E-state index contributed by atoms with van der Waals surface area (Å²) >= 11 is 0. The number of aliphatic hydroxyl groups excluding tert-OH is 1. The first kappa shape index (κ1) is 15.3. The second-order valence-electron chi connectivity index (χ2n) is 4.15. The fraction of sp³-hybridized carbons (Fsp3) is 0.0769. The first-order valence-corrected chi connectivity index (χ1v) is 7.19. The Morgan fingerprint density at radius 1 is 1.00 bits per heavy atom. The average molecular weight is 317 g/mol. The standard InChI is InChI=1S/C13H10F3NO3S/c14-9-2-4-12(11(16)6-9)17-21(19,20)13-5-8(7-18)1-3-10(13)15/h1-6,17-18H,7H2. The van der Waals surface area contributed by atoms with Gasteiger partial charge in [0.15, 0.2) is 0 Å². The number of hydrogen-bond acceptors (Lipinski definition) is 3. The summed E-state index contributed by atoms with van der Waals surface area (Å²) in [5, 5.41) is 8.94. The van der Waals surface area contributed by atoms with E-state index in [1.807, 2.05) is 4.72 Å². The van der Waals surface area contributed by atoms with Gasteiger partial charge in [-0.15, -0.1) is 0 Å². The first-order valence-electron chi connectivity index (χ1n) is 5.70. The lowest BCUT2D eigenvalue weighted by molar-refractivity contribution is 0.281. The van der Waals surface area contributed by atoms with Gasteiger partial charge in [-0.2, -0.15) is 0 Å². The zero-order valence-corrected chi connectivity index (χ0v) is 11.3. The normalized spacial score (nSPS) is 11.4. The van der Waals surface area contributed by atoms with E-state index in [4.69, 9.17) is 5.11 Å². The van der Waals surface area contributed by atoms with Crippen molar-refractivity contribution in [2.24, 2.45) is 0 Å². The van der Waals surface area contributed by atoms with Crippen molar-refractivity contribution >= 4 is 15.7 Å². The van der Waals surface area contributed by atoms with Crippen LogP contribution in [0.5, 0.6) is 0 Å². The van der Waals surface area contributed by atoms with Crippen molar-refractivity contribution in [3.05, 3.63) is 59.4 Å². The molecule has 0 spiro atoms. The Hall–Kier alpha value is -2.06. The maximum atomic E-state index is 13.6. The van der Waals surface area contributed by atoms with Gasteiger partial charge in [0.2, 0.25) is 0 Å². The van der Waals surface area contributed by atoms with Crippen molar-refractivity contribution in [2.75, 3.05) is 4.72 Å². The minimum Gasteiger partial charge on any atom is -0.392 e. The average Bonchev–Trinajstić information content (AvgIpc) is 2.42. The molecule has 0 fully saturated rings. The number of hydrogen-bond donors (Lipinski definition) is 2. The van der Waals surface area contributed by atoms with Crippen molar-refractivity contribution in [3.63, 3.8) is 0 Å². The second-order valence-corrected chi connectivity index (χ2v) is 5.80. The summed E-state index contributed by atoms with van der Waals surface area (Å²) in [6, 6.07) is 5.27. The molecule has 0 atom stereocenters. The van der Waals surface area contributed by atoms with E-state index in [-0.39, 0.29) is 5.56 Å². The third kappa shape index (κ3) is 3.34. The molecular weight excluding hydrogens is 307 g/mol. The van der Waals surface area contributed by atoms with Crippen LogP contribution in [0.25, 0.3) is 0 Å². The lowest BCUT2D eigenvalue weighted by Crippen LogP contribution is -2.16. The number of anilines is 1. The fourth-order valence-corrected chi connectivity index (χ4v) is 2.82. The molecule has 0 unspecified atom stereocenters. The zero-order valence-electron chi connectivity index (χ0n) is 10.5. The van der Waals surface area contributed by atoms with E-state index in [1.165, 1.54) is 6.07 Å². The summed E-state index contributed by atoms with van der Waals surface area (Å²) in [6.45, 7) is -0.478. The van der Waals surface area contributed by atoms with Gasteiger partial charge in [0.25, 0.3) is 10.0 Å². The Balaban J connectivity index is 2.43. The monoisotopic (exact) mass is 317 g/mol. The molecule has 0 saturated carbocycles. The molecule has 2 aromatic carbocycles. The van der Waals surface area contributed by atoms with Crippen molar-refractivity contribution in [1.82, 2.24) is 0 Å². The number of rotatable bonds is 4. The van der Waals surface area contributed by atoms with Gasteiger partial charge in [0, 0.05) is 6.07 Å². The molecule has 21 heavy (non-hydrogen) atoms. The van der Waals surface area contributed by atoms with Crippen LogP contribution in [-0.2, 0) is 16.6 Å². The first-order chi connectivity index (χ1) is 9.83. The van der Waals surface area contributed by atoms with Gasteiger partial charge < -0.3 is 5.11 Å². The molecule has 0 bridgehead atoms. The third-order valence-electron chi connectivity index (χ3n) is 2.64. The number of sulfonamides is 1. The molecule has 0 radical (unpaired) electrons. The van der Waals surface area contributed by atoms with Gasteiger partial charge in [-0.3, -0.25) is 4.72 Å². The Morgan fingerprint density at radius 2 is 1.71 bits per heavy atom. The van der Waals surface area contributed by atoms with Gasteiger partial charge in [0.05, 0.1) is 12.3 Å². The highest BCUT2D eigenvalue weighted by molar-refractivity contribution is 7.92. The molecular formula is C13H10F3NO3S. The molecule has 2 aromatic rings. The van der Waals surface area contributed by atoms with Crippen LogP contribution in [-0.4, -0.2) is 13.5 Å². The Morgan fingerprint density at radius 3 is 2.33 bits per heavy atom. The lowest BCUT2D eigenvalue weighted by Gasteiger charge is -2.10. The van der Waals surface area contributed by atoms with Gasteiger partial charge in [-0.05, 0) is 29.8 Å². The molecule has 0 aromatic heterocycles. The largest absolute Gasteiger partial charge is 0.392 e. The van der Waals surface area contributed by atoms with E-state index >= 15 is 0 Å². The molecule has 0 aliphatic rings. The van der Waals surface area contributed by atoms with E-state index in [9.17, 15) is 21.6 Å². The minimum absolute atomic E-state index is 0.177. The van der Waals surface area contributed by atoms with E-state index in [2.05, 4.69) is 0 Å². The smallest absolute Gasteiger partial charge is 0.264 e. The Kier molecular flexibility index (Phi) is 4.19. The van der Waals surface area contributed by atoms with Crippen molar-refractivity contribution in [3.8, 4) is 0 Å². The minimum atomic E-state index is -4.41. The molecule has 2 rings (SSSR count). The Bertz CT molecular complexity index is 778. The molecule has 2 N–H and O–H groups in total. The van der Waals surface area contributed by atoms with Crippen LogP contribution in [0, 0.1) is 17.5 Å². The van der Waals surface area contributed by atoms with Gasteiger partial charge in [-0.25, -0.2) is 21.6 Å². The molecule has 0 aliphatic carbocycles. The molecule has 0 aliphatic heterocycles. The number of halogens is 3. The number of benzene rings is 2. The van der Waals surface area contributed by atoms with Crippen molar-refractivity contribution in [2.45, 2.75) is 11.5 Å². The maximum absolute atomic E-state index is 13.6. The fourth-order valence-electron chi connectivity index (χ4n) is 1.62. The molecule has 0 saturated heterocycles. The third-order valence-corrected chi connectivity index (χ3v) is 4.02. The highest BCUT2D eigenvalue weighted by atomic mass is 32.2. The van der Waals surface area contributed by atoms with Crippen LogP contribution in [0.15, 0.2) is 41.3 Å². The second kappa shape index (κ2) is 5.74. The summed E-state index contributed by atoms with van der Waals surface area (Å²) in [6.07, 6.45) is 0. The summed E-state index contributed by atoms with van der Waals surface area (Å²) in [5.74, 6) is -3.05. The topological polar surface area (TPSA) is 66.4 Å². The SMILES string of the molecule is O=S(=O)(Nc1ccc(F)cc1F)c1cc(CO)ccc1F. The van der Waals surface area contributed by atoms with E-state index < -0.39 is 44.7 Å². The summed E-state index contributed by atoms with van der Waals surface area (Å²) < 4.78 is 65.7. The highest BCUT2D eigenvalue weighted by Crippen LogP contribution is 2.22. The van der Waals surface area contributed by atoms with Gasteiger partial charge in [-0.1, -0.05) is 6.07 Å². The van der Waals surface area contributed by atoms with Crippen LogP contribution in [0.4, 0.5) is 18.9 Å². The molecule has 0 heterocycles. The lowest BCUT2D eigenvalue weighted by atomic mass is 10.2. The Labute approximate surface area is 118 Å². The predicted octanol–water partition coefficient (Wildman–Crippen LogP) is 2.40. The maximum Gasteiger partial charge on any atom is 0.264 e. The van der Waals surface area contributed by atoms with Crippen molar-refractivity contribution in [1.29, 1.82) is 0 Å². The van der Waals surface area contributed by atoms with E-state index in [0.717, 1.165) is 24.3 Å². The predicted molar refractivity (Wildman–Crippen MR) is 69.5 cm³/mol. The zero-order chi connectivity index (χ0) is 15.6. The molecule has 112 valence electrons. The highest BCUT2D eigenvalue weighted by Gasteiger charge is 2.21. The van der Waals surface area contributed by atoms with Crippen LogP contribution in [0.2, 0.25) is 0 Å². The number of nitrogens with one attached hydrogen (secondary N) is 1. The van der Waals surface area contributed by atoms with Crippen LogP contribution in [0.1, 0.15) is 5.56 Å². The van der Waals surface area contributed by atoms with Crippen molar-refractivity contribution < 1.29 is 26.7 Å². The molecule has 0 amide bonds. The summed E-state index contributed by atoms with van der Waals surface area (Å²) in [5.41, 5.74) is -0.332. The van der Waals surface area contributed by atoms with E-state index in [1.54, 1.807) is 0 Å². The molecule has 4 nitrogen and oxygen atoms in total. The van der Waals surface area contributed by atoms with Crippen LogP contribution >= 0.6 is 0 Å². The summed E-state index contributed by atoms with van der Waals surface area (Å²) in [4.78, 5) is -0.738. The quantitative estimate of drug-likeness (QED) is 0.910. The number of aliphatic hydroxyl groups is 1. The van der Waals surface area contributed by atoms with Crippen LogP contribution < -0.4 is 4.72 Å². The molecule has 8 heteroatoms. The van der Waals surface area contributed by atoms with E-state index in [0.29, 0.717) is 6.07 Å². The van der Waals surface area contributed by atoms with Crippen LogP contribution in [0.3, 0.4) is 0 Å². The van der Waals surface area contributed by atoms with Gasteiger partial charge >= 0.3 is 0 Å². The van der Waals surface area contributed by atoms with Gasteiger partial charge in [0.1, 0.15) is 22.3 Å².